The van der Waals surface area contributed by atoms with Gasteiger partial charge in [-0.2, -0.15) is 4.98 Å². The SMILES string of the molecule is Cc1ccc([C@@H]2C[C@@H](c3ccc(F)cc3)n3nc(N4C(=O)[C@H]5CC=CC[C@@H]5C4=O)nc3N2)cc1. The first kappa shape index (κ1) is 20.8. The van der Waals surface area contributed by atoms with E-state index in [0.717, 1.165) is 16.0 Å². The summed E-state index contributed by atoms with van der Waals surface area (Å²) in [7, 11) is 0. The topological polar surface area (TPSA) is 80.1 Å². The van der Waals surface area contributed by atoms with E-state index in [2.05, 4.69) is 39.7 Å². The first-order valence-electron chi connectivity index (χ1n) is 11.6. The number of carbonyl (C=O) groups excluding carboxylic acids is 2. The van der Waals surface area contributed by atoms with Crippen molar-refractivity contribution in [2.45, 2.75) is 38.3 Å². The van der Waals surface area contributed by atoms with E-state index < -0.39 is 0 Å². The van der Waals surface area contributed by atoms with Gasteiger partial charge in [-0.25, -0.2) is 14.0 Å². The maximum atomic E-state index is 13.6. The molecule has 34 heavy (non-hydrogen) atoms. The van der Waals surface area contributed by atoms with Gasteiger partial charge in [-0.1, -0.05) is 54.1 Å². The number of halogens is 1. The molecule has 7 nitrogen and oxygen atoms in total. The van der Waals surface area contributed by atoms with E-state index in [1.54, 1.807) is 16.8 Å². The number of amides is 2. The van der Waals surface area contributed by atoms with E-state index in [-0.39, 0.29) is 47.5 Å². The number of imide groups is 1. The van der Waals surface area contributed by atoms with E-state index in [1.165, 1.54) is 17.7 Å². The number of nitrogens with zero attached hydrogens (tertiary/aromatic N) is 4. The van der Waals surface area contributed by atoms with Crippen molar-refractivity contribution < 1.29 is 14.0 Å². The molecule has 0 bridgehead atoms. The molecule has 2 amide bonds. The minimum absolute atomic E-state index is 0.0584. The van der Waals surface area contributed by atoms with Crippen LogP contribution in [0, 0.1) is 24.6 Å². The van der Waals surface area contributed by atoms with Gasteiger partial charge in [0.1, 0.15) is 5.82 Å². The summed E-state index contributed by atoms with van der Waals surface area (Å²) < 4.78 is 15.4. The van der Waals surface area contributed by atoms with Crippen LogP contribution in [0.5, 0.6) is 0 Å². The fraction of sp³-hybridized carbons (Fsp3) is 0.308. The van der Waals surface area contributed by atoms with Crippen LogP contribution >= 0.6 is 0 Å². The summed E-state index contributed by atoms with van der Waals surface area (Å²) >= 11 is 0. The second kappa shape index (κ2) is 7.90. The second-order valence-electron chi connectivity index (χ2n) is 9.26. The van der Waals surface area contributed by atoms with E-state index >= 15 is 0 Å². The van der Waals surface area contributed by atoms with Gasteiger partial charge < -0.3 is 5.32 Å². The molecule has 1 aromatic heterocycles. The van der Waals surface area contributed by atoms with Gasteiger partial charge >= 0.3 is 0 Å². The Bertz CT molecular complexity index is 1270. The number of anilines is 2. The fourth-order valence-corrected chi connectivity index (χ4v) is 5.24. The van der Waals surface area contributed by atoms with E-state index in [1.807, 2.05) is 19.1 Å². The Morgan fingerprint density at radius 3 is 2.18 bits per heavy atom. The maximum absolute atomic E-state index is 13.6. The molecule has 0 radical (unpaired) electrons. The molecular weight excluding hydrogens is 433 g/mol. The molecule has 1 aliphatic carbocycles. The Balaban J connectivity index is 1.40. The average Bonchev–Trinajstić information content (AvgIpc) is 3.38. The summed E-state index contributed by atoms with van der Waals surface area (Å²) in [5, 5.41) is 8.06. The lowest BCUT2D eigenvalue weighted by atomic mass is 9.85. The Labute approximate surface area is 196 Å². The van der Waals surface area contributed by atoms with Gasteiger partial charge in [-0.05, 0) is 49.4 Å². The van der Waals surface area contributed by atoms with Gasteiger partial charge in [-0.15, -0.1) is 5.10 Å². The third kappa shape index (κ3) is 3.32. The van der Waals surface area contributed by atoms with Gasteiger partial charge in [-0.3, -0.25) is 9.59 Å². The lowest BCUT2D eigenvalue weighted by Crippen LogP contribution is -2.32. The third-order valence-electron chi connectivity index (χ3n) is 7.12. The van der Waals surface area contributed by atoms with Crippen molar-refractivity contribution in [2.75, 3.05) is 10.2 Å². The Morgan fingerprint density at radius 1 is 0.912 bits per heavy atom. The number of hydrogen-bond donors (Lipinski definition) is 1. The number of nitrogens with one attached hydrogen (secondary N) is 1. The monoisotopic (exact) mass is 457 g/mol. The minimum atomic E-state index is -0.348. The van der Waals surface area contributed by atoms with Crippen LogP contribution in [0.25, 0.3) is 0 Å². The van der Waals surface area contributed by atoms with Crippen LogP contribution < -0.4 is 10.2 Å². The molecule has 0 saturated carbocycles. The summed E-state index contributed by atoms with van der Waals surface area (Å²) in [6.07, 6.45) is 5.69. The van der Waals surface area contributed by atoms with Crippen LogP contribution in [0.1, 0.15) is 48.0 Å². The molecule has 172 valence electrons. The van der Waals surface area contributed by atoms with Crippen LogP contribution in [-0.4, -0.2) is 26.6 Å². The predicted molar refractivity (Wildman–Crippen MR) is 125 cm³/mol. The van der Waals surface area contributed by atoms with Gasteiger partial charge in [0.2, 0.25) is 17.8 Å². The van der Waals surface area contributed by atoms with Crippen LogP contribution in [0.4, 0.5) is 16.3 Å². The van der Waals surface area contributed by atoms with Gasteiger partial charge in [0, 0.05) is 0 Å². The van der Waals surface area contributed by atoms with Crippen molar-refractivity contribution >= 4 is 23.7 Å². The van der Waals surface area contributed by atoms with E-state index in [9.17, 15) is 14.0 Å². The summed E-state index contributed by atoms with van der Waals surface area (Å²) in [6, 6.07) is 14.3. The van der Waals surface area contributed by atoms with Gasteiger partial charge in [0.25, 0.3) is 5.95 Å². The number of aromatic nitrogens is 3. The van der Waals surface area contributed by atoms with Gasteiger partial charge in [0.15, 0.2) is 0 Å². The number of rotatable bonds is 3. The largest absolute Gasteiger partial charge is 0.347 e. The molecule has 0 spiro atoms. The standard InChI is InChI=1S/C26H24FN5O2/c1-15-6-8-16(9-7-15)21-14-22(17-10-12-18(27)13-11-17)32-25(28-21)29-26(30-32)31-23(33)19-4-2-3-5-20(19)24(31)34/h2-3,6-13,19-22H,4-5,14H2,1H3,(H,28,29,30)/t19-,20-,21-,22-/m0/s1. The first-order chi connectivity index (χ1) is 16.5. The zero-order valence-electron chi connectivity index (χ0n) is 18.7. The highest BCUT2D eigenvalue weighted by Crippen LogP contribution is 2.41. The Hall–Kier alpha value is -3.81. The summed E-state index contributed by atoms with van der Waals surface area (Å²) in [4.78, 5) is 31.9. The normalized spacial score (nSPS) is 25.8. The van der Waals surface area contributed by atoms with Crippen molar-refractivity contribution in [1.82, 2.24) is 14.8 Å². The molecular formula is C26H24FN5O2. The van der Waals surface area contributed by atoms with Crippen LogP contribution in [0.15, 0.2) is 60.7 Å². The number of fused-ring (bicyclic) bond motifs is 2. The second-order valence-corrected chi connectivity index (χ2v) is 9.26. The maximum Gasteiger partial charge on any atom is 0.260 e. The first-order valence-corrected chi connectivity index (χ1v) is 11.6. The molecule has 2 aromatic carbocycles. The molecule has 3 aromatic rings. The Kier molecular flexibility index (Phi) is 4.83. The Morgan fingerprint density at radius 2 is 1.53 bits per heavy atom. The highest BCUT2D eigenvalue weighted by Gasteiger charge is 2.49. The molecule has 1 N–H and O–H groups in total. The smallest absolute Gasteiger partial charge is 0.260 e. The minimum Gasteiger partial charge on any atom is -0.347 e. The molecule has 1 saturated heterocycles. The van der Waals surface area contributed by atoms with Crippen molar-refractivity contribution in [1.29, 1.82) is 0 Å². The van der Waals surface area contributed by atoms with Crippen LogP contribution in [0.3, 0.4) is 0 Å². The van der Waals surface area contributed by atoms with Crippen molar-refractivity contribution in [3.05, 3.63) is 83.2 Å². The lowest BCUT2D eigenvalue weighted by Gasteiger charge is -2.31. The van der Waals surface area contributed by atoms with Crippen molar-refractivity contribution in [3.63, 3.8) is 0 Å². The quantitative estimate of drug-likeness (QED) is 0.468. The number of hydrogen-bond acceptors (Lipinski definition) is 5. The highest BCUT2D eigenvalue weighted by molar-refractivity contribution is 6.21. The molecule has 2 aliphatic heterocycles. The number of allylic oxidation sites excluding steroid dienone is 2. The predicted octanol–water partition coefficient (Wildman–Crippen LogP) is 4.33. The molecule has 1 fully saturated rings. The molecule has 3 aliphatic rings. The van der Waals surface area contributed by atoms with Crippen LogP contribution in [-0.2, 0) is 9.59 Å². The summed E-state index contributed by atoms with van der Waals surface area (Å²) in [5.74, 6) is -0.903. The lowest BCUT2D eigenvalue weighted by molar-refractivity contribution is -0.122. The number of benzene rings is 2. The molecule has 4 atom stereocenters. The average molecular weight is 458 g/mol. The summed E-state index contributed by atoms with van der Waals surface area (Å²) in [6.45, 7) is 2.04. The van der Waals surface area contributed by atoms with Gasteiger partial charge in [0.05, 0.1) is 23.9 Å². The van der Waals surface area contributed by atoms with E-state index in [0.29, 0.717) is 25.2 Å². The number of carbonyl (C=O) groups is 2. The van der Waals surface area contributed by atoms with E-state index in [4.69, 9.17) is 0 Å². The zero-order valence-corrected chi connectivity index (χ0v) is 18.7. The van der Waals surface area contributed by atoms with Crippen molar-refractivity contribution in [2.24, 2.45) is 11.8 Å². The van der Waals surface area contributed by atoms with Crippen LogP contribution in [0.2, 0.25) is 0 Å². The summed E-state index contributed by atoms with van der Waals surface area (Å²) in [5.41, 5.74) is 3.15. The third-order valence-corrected chi connectivity index (χ3v) is 7.12. The number of aryl methyl sites for hydroxylation is 1. The van der Waals surface area contributed by atoms with Crippen molar-refractivity contribution in [3.8, 4) is 0 Å². The zero-order chi connectivity index (χ0) is 23.4. The highest BCUT2D eigenvalue weighted by atomic mass is 19.1. The molecule has 8 heteroatoms. The molecule has 3 heterocycles. The fourth-order valence-electron chi connectivity index (χ4n) is 5.24. The molecule has 0 unspecified atom stereocenters. The molecule has 6 rings (SSSR count).